The van der Waals surface area contributed by atoms with Gasteiger partial charge in [-0.15, -0.1) is 0 Å². The van der Waals surface area contributed by atoms with Crippen molar-refractivity contribution in [3.8, 4) is 0 Å². The zero-order valence-electron chi connectivity index (χ0n) is 7.09. The first-order valence-corrected chi connectivity index (χ1v) is 4.52. The van der Waals surface area contributed by atoms with Crippen molar-refractivity contribution in [3.63, 3.8) is 0 Å². The van der Waals surface area contributed by atoms with E-state index in [0.717, 1.165) is 11.8 Å². The van der Waals surface area contributed by atoms with Crippen LogP contribution in [0.5, 0.6) is 0 Å². The molecule has 0 radical (unpaired) electrons. The summed E-state index contributed by atoms with van der Waals surface area (Å²) in [7, 11) is 1.92. The molecule has 0 aliphatic heterocycles. The molecule has 2 aliphatic rings. The molecule has 0 amide bonds. The molecule has 0 N–H and O–H groups in total. The molecule has 2 aliphatic carbocycles. The van der Waals surface area contributed by atoms with Crippen molar-refractivity contribution in [1.29, 1.82) is 0 Å². The number of nitrogens with zero attached hydrogens (tertiary/aromatic N) is 1. The molecule has 1 nitrogen and oxygen atoms in total. The van der Waals surface area contributed by atoms with E-state index in [2.05, 4.69) is 17.1 Å². The van der Waals surface area contributed by atoms with Gasteiger partial charge in [0.15, 0.2) is 0 Å². The first kappa shape index (κ1) is 7.08. The van der Waals surface area contributed by atoms with Gasteiger partial charge in [-0.05, 0) is 31.6 Å². The minimum atomic E-state index is 0.866. The molecule has 0 spiro atoms. The Bertz CT molecular complexity index is 203. The molecule has 2 atom stereocenters. The Kier molecular flexibility index (Phi) is 1.80. The molecule has 1 saturated carbocycles. The van der Waals surface area contributed by atoms with Crippen LogP contribution in [0.1, 0.15) is 25.7 Å². The Balaban J connectivity index is 1.92. The van der Waals surface area contributed by atoms with Crippen molar-refractivity contribution in [1.82, 2.24) is 0 Å². The summed E-state index contributed by atoms with van der Waals surface area (Å²) in [5, 5.41) is 0. The standard InChI is InChI=1S/C10H15N/c1-11-10-7-9(10)8-5-3-2-4-6-8/h2-3,8-9H,4-7H2,1H3/t8?,9-/m0/s1. The zero-order chi connectivity index (χ0) is 7.68. The summed E-state index contributed by atoms with van der Waals surface area (Å²) in [5.74, 6) is 1.80. The van der Waals surface area contributed by atoms with Crippen LogP contribution >= 0.6 is 0 Å². The Labute approximate surface area is 68.2 Å². The van der Waals surface area contributed by atoms with E-state index < -0.39 is 0 Å². The fraction of sp³-hybridized carbons (Fsp3) is 0.700. The summed E-state index contributed by atoms with van der Waals surface area (Å²) >= 11 is 0. The second kappa shape index (κ2) is 2.80. The molecule has 0 aromatic rings. The van der Waals surface area contributed by atoms with Crippen molar-refractivity contribution in [2.45, 2.75) is 25.7 Å². The van der Waals surface area contributed by atoms with Crippen LogP contribution in [-0.4, -0.2) is 12.8 Å². The average Bonchev–Trinajstić information content (AvgIpc) is 2.85. The van der Waals surface area contributed by atoms with Crippen molar-refractivity contribution in [2.24, 2.45) is 16.8 Å². The predicted molar refractivity (Wildman–Crippen MR) is 47.9 cm³/mol. The number of rotatable bonds is 1. The molecular weight excluding hydrogens is 134 g/mol. The third kappa shape index (κ3) is 1.37. The molecule has 0 aromatic carbocycles. The zero-order valence-corrected chi connectivity index (χ0v) is 7.09. The van der Waals surface area contributed by atoms with Crippen LogP contribution in [0.15, 0.2) is 17.1 Å². The largest absolute Gasteiger partial charge is 0.297 e. The maximum absolute atomic E-state index is 4.25. The van der Waals surface area contributed by atoms with Gasteiger partial charge < -0.3 is 0 Å². The van der Waals surface area contributed by atoms with Gasteiger partial charge in [0.2, 0.25) is 0 Å². The highest BCUT2D eigenvalue weighted by Crippen LogP contribution is 2.39. The van der Waals surface area contributed by atoms with Gasteiger partial charge in [0.25, 0.3) is 0 Å². The number of hydrogen-bond acceptors (Lipinski definition) is 1. The topological polar surface area (TPSA) is 12.4 Å². The summed E-state index contributed by atoms with van der Waals surface area (Å²) in [6, 6.07) is 0. The van der Waals surface area contributed by atoms with E-state index in [0.29, 0.717) is 0 Å². The molecular formula is C10H15N. The van der Waals surface area contributed by atoms with Crippen LogP contribution in [0.2, 0.25) is 0 Å². The SMILES string of the molecule is CN=C1C[C@H]1C1CC=CCC1. The Morgan fingerprint density at radius 1 is 1.45 bits per heavy atom. The lowest BCUT2D eigenvalue weighted by Crippen LogP contribution is -2.05. The van der Waals surface area contributed by atoms with E-state index in [9.17, 15) is 0 Å². The first-order chi connectivity index (χ1) is 5.42. The molecule has 11 heavy (non-hydrogen) atoms. The van der Waals surface area contributed by atoms with Crippen LogP contribution in [0.25, 0.3) is 0 Å². The van der Waals surface area contributed by atoms with E-state index in [4.69, 9.17) is 0 Å². The van der Waals surface area contributed by atoms with Crippen LogP contribution < -0.4 is 0 Å². The lowest BCUT2D eigenvalue weighted by atomic mass is 9.90. The predicted octanol–water partition coefficient (Wildman–Crippen LogP) is 2.43. The van der Waals surface area contributed by atoms with Crippen molar-refractivity contribution in [2.75, 3.05) is 7.05 Å². The monoisotopic (exact) mass is 149 g/mol. The summed E-state index contributed by atoms with van der Waals surface area (Å²) < 4.78 is 0. The number of allylic oxidation sites excluding steroid dienone is 2. The van der Waals surface area contributed by atoms with Crippen LogP contribution in [0.3, 0.4) is 0 Å². The quantitative estimate of drug-likeness (QED) is 0.508. The normalized spacial score (nSPS) is 39.5. The van der Waals surface area contributed by atoms with Gasteiger partial charge in [0, 0.05) is 18.7 Å². The molecule has 60 valence electrons. The molecule has 0 saturated heterocycles. The van der Waals surface area contributed by atoms with Gasteiger partial charge in [0.05, 0.1) is 0 Å². The maximum Gasteiger partial charge on any atom is 0.0276 e. The van der Waals surface area contributed by atoms with Gasteiger partial charge in [0.1, 0.15) is 0 Å². The molecule has 0 aromatic heterocycles. The third-order valence-electron chi connectivity index (χ3n) is 2.86. The van der Waals surface area contributed by atoms with Crippen molar-refractivity contribution < 1.29 is 0 Å². The second-order valence-corrected chi connectivity index (χ2v) is 3.57. The maximum atomic E-state index is 4.25. The Hall–Kier alpha value is -0.590. The van der Waals surface area contributed by atoms with Crippen molar-refractivity contribution in [3.05, 3.63) is 12.2 Å². The van der Waals surface area contributed by atoms with E-state index in [1.807, 2.05) is 7.05 Å². The van der Waals surface area contributed by atoms with Crippen LogP contribution in [-0.2, 0) is 0 Å². The summed E-state index contributed by atoms with van der Waals surface area (Å²) in [4.78, 5) is 4.25. The fourth-order valence-electron chi connectivity index (χ4n) is 2.04. The molecule has 0 bridgehead atoms. The lowest BCUT2D eigenvalue weighted by molar-refractivity contribution is 0.442. The Morgan fingerprint density at radius 2 is 2.36 bits per heavy atom. The summed E-state index contributed by atoms with van der Waals surface area (Å²) in [6.07, 6.45) is 9.90. The van der Waals surface area contributed by atoms with Gasteiger partial charge in [-0.1, -0.05) is 12.2 Å². The van der Waals surface area contributed by atoms with Crippen molar-refractivity contribution >= 4 is 5.71 Å². The minimum absolute atomic E-state index is 0.866. The highest BCUT2D eigenvalue weighted by atomic mass is 14.7. The average molecular weight is 149 g/mol. The highest BCUT2D eigenvalue weighted by molar-refractivity contribution is 6.01. The van der Waals surface area contributed by atoms with Crippen LogP contribution in [0, 0.1) is 11.8 Å². The van der Waals surface area contributed by atoms with Gasteiger partial charge in [-0.25, -0.2) is 0 Å². The minimum Gasteiger partial charge on any atom is -0.297 e. The summed E-state index contributed by atoms with van der Waals surface area (Å²) in [6.45, 7) is 0. The fourth-order valence-corrected chi connectivity index (χ4v) is 2.04. The van der Waals surface area contributed by atoms with E-state index in [1.165, 1.54) is 31.4 Å². The highest BCUT2D eigenvalue weighted by Gasteiger charge is 2.37. The molecule has 0 heterocycles. The van der Waals surface area contributed by atoms with E-state index in [-0.39, 0.29) is 0 Å². The molecule has 1 heteroatoms. The number of hydrogen-bond donors (Lipinski definition) is 0. The van der Waals surface area contributed by atoms with E-state index >= 15 is 0 Å². The molecule has 1 unspecified atom stereocenters. The van der Waals surface area contributed by atoms with Gasteiger partial charge in [-0.2, -0.15) is 0 Å². The lowest BCUT2D eigenvalue weighted by Gasteiger charge is -2.15. The van der Waals surface area contributed by atoms with Crippen LogP contribution in [0.4, 0.5) is 0 Å². The first-order valence-electron chi connectivity index (χ1n) is 4.52. The third-order valence-corrected chi connectivity index (χ3v) is 2.86. The second-order valence-electron chi connectivity index (χ2n) is 3.57. The van der Waals surface area contributed by atoms with Gasteiger partial charge >= 0.3 is 0 Å². The van der Waals surface area contributed by atoms with E-state index in [1.54, 1.807) is 0 Å². The van der Waals surface area contributed by atoms with Gasteiger partial charge in [-0.3, -0.25) is 4.99 Å². The summed E-state index contributed by atoms with van der Waals surface area (Å²) in [5.41, 5.74) is 1.46. The number of aliphatic imine (C=N–C) groups is 1. The Morgan fingerprint density at radius 3 is 2.91 bits per heavy atom. The molecule has 2 rings (SSSR count). The smallest absolute Gasteiger partial charge is 0.0276 e. The molecule has 1 fully saturated rings.